The molecule has 0 spiro atoms. The minimum absolute atomic E-state index is 0.247. The second-order valence-corrected chi connectivity index (χ2v) is 5.05. The van der Waals surface area contributed by atoms with Crippen LogP contribution in [0.15, 0.2) is 54.6 Å². The Balaban J connectivity index is 1.86. The summed E-state index contributed by atoms with van der Waals surface area (Å²) in [6.45, 7) is 0. The van der Waals surface area contributed by atoms with Crippen LogP contribution in [-0.2, 0) is 4.79 Å². The Hall–Kier alpha value is -2.09. The first-order valence-corrected chi connectivity index (χ1v) is 6.67. The van der Waals surface area contributed by atoms with Crippen molar-refractivity contribution < 1.29 is 4.79 Å². The second-order valence-electron chi connectivity index (χ2n) is 5.05. The van der Waals surface area contributed by atoms with Crippen LogP contribution in [-0.4, -0.2) is 17.9 Å². The first-order chi connectivity index (χ1) is 9.25. The van der Waals surface area contributed by atoms with Gasteiger partial charge in [-0.15, -0.1) is 0 Å². The SMILES string of the molecule is CN1C(=O)CC[C@@H]1c1ccc(-c2ccccc2)cc1. The van der Waals surface area contributed by atoms with Crippen LogP contribution in [0, 0.1) is 0 Å². The number of carbonyl (C=O) groups excluding carboxylic acids is 1. The smallest absolute Gasteiger partial charge is 0.222 e. The van der Waals surface area contributed by atoms with Crippen molar-refractivity contribution in [3.8, 4) is 11.1 Å². The van der Waals surface area contributed by atoms with Gasteiger partial charge in [-0.2, -0.15) is 0 Å². The van der Waals surface area contributed by atoms with Crippen LogP contribution in [0.4, 0.5) is 0 Å². The van der Waals surface area contributed by atoms with Gasteiger partial charge in [0.05, 0.1) is 6.04 Å². The summed E-state index contributed by atoms with van der Waals surface area (Å²) in [4.78, 5) is 13.4. The van der Waals surface area contributed by atoms with Crippen molar-refractivity contribution in [1.82, 2.24) is 4.90 Å². The number of nitrogens with zero attached hydrogens (tertiary/aromatic N) is 1. The molecule has 96 valence electrons. The van der Waals surface area contributed by atoms with Gasteiger partial charge in [-0.25, -0.2) is 0 Å². The molecule has 2 aromatic carbocycles. The van der Waals surface area contributed by atoms with E-state index in [1.54, 1.807) is 0 Å². The molecular formula is C17H17NO. The van der Waals surface area contributed by atoms with E-state index in [1.165, 1.54) is 16.7 Å². The molecule has 1 heterocycles. The van der Waals surface area contributed by atoms with Crippen LogP contribution in [0.2, 0.25) is 0 Å². The van der Waals surface area contributed by atoms with Crippen molar-refractivity contribution in [2.24, 2.45) is 0 Å². The molecule has 0 saturated carbocycles. The van der Waals surface area contributed by atoms with E-state index in [-0.39, 0.29) is 11.9 Å². The molecule has 1 saturated heterocycles. The number of benzene rings is 2. The van der Waals surface area contributed by atoms with E-state index in [4.69, 9.17) is 0 Å². The molecule has 1 aliphatic heterocycles. The molecule has 0 bridgehead atoms. The molecule has 0 aliphatic carbocycles. The van der Waals surface area contributed by atoms with Gasteiger partial charge in [0, 0.05) is 13.5 Å². The molecule has 1 atom stereocenters. The van der Waals surface area contributed by atoms with Gasteiger partial charge in [-0.05, 0) is 23.1 Å². The lowest BCUT2D eigenvalue weighted by atomic mass is 10.00. The van der Waals surface area contributed by atoms with Gasteiger partial charge in [0.2, 0.25) is 5.91 Å². The van der Waals surface area contributed by atoms with E-state index < -0.39 is 0 Å². The van der Waals surface area contributed by atoms with E-state index in [0.717, 1.165) is 6.42 Å². The van der Waals surface area contributed by atoms with Crippen molar-refractivity contribution in [3.63, 3.8) is 0 Å². The number of amides is 1. The van der Waals surface area contributed by atoms with E-state index in [1.807, 2.05) is 30.1 Å². The third kappa shape index (κ3) is 2.26. The normalized spacial score (nSPS) is 18.9. The molecule has 2 nitrogen and oxygen atoms in total. The van der Waals surface area contributed by atoms with Gasteiger partial charge in [-0.1, -0.05) is 54.6 Å². The molecule has 0 unspecified atom stereocenters. The molecule has 2 heteroatoms. The zero-order valence-corrected chi connectivity index (χ0v) is 11.0. The molecule has 1 amide bonds. The standard InChI is InChI=1S/C17H17NO/c1-18-16(11-12-17(18)19)15-9-7-14(8-10-15)13-5-3-2-4-6-13/h2-10,16H,11-12H2,1H3/t16-/m1/s1. The van der Waals surface area contributed by atoms with Crippen molar-refractivity contribution >= 4 is 5.91 Å². The summed E-state index contributed by atoms with van der Waals surface area (Å²) in [7, 11) is 1.89. The van der Waals surface area contributed by atoms with Crippen molar-refractivity contribution in [2.45, 2.75) is 18.9 Å². The lowest BCUT2D eigenvalue weighted by molar-refractivity contribution is -0.127. The van der Waals surface area contributed by atoms with Gasteiger partial charge in [0.1, 0.15) is 0 Å². The maximum atomic E-state index is 11.6. The predicted molar refractivity (Wildman–Crippen MR) is 76.6 cm³/mol. The van der Waals surface area contributed by atoms with E-state index in [2.05, 4.69) is 36.4 Å². The zero-order valence-electron chi connectivity index (χ0n) is 11.0. The van der Waals surface area contributed by atoms with Crippen LogP contribution in [0.1, 0.15) is 24.4 Å². The summed E-state index contributed by atoms with van der Waals surface area (Å²) in [5.41, 5.74) is 3.68. The molecule has 3 rings (SSSR count). The average molecular weight is 251 g/mol. The van der Waals surface area contributed by atoms with E-state index >= 15 is 0 Å². The molecule has 0 radical (unpaired) electrons. The average Bonchev–Trinajstić information content (AvgIpc) is 2.80. The Morgan fingerprint density at radius 3 is 2.16 bits per heavy atom. The molecule has 1 aliphatic rings. The largest absolute Gasteiger partial charge is 0.339 e. The quantitative estimate of drug-likeness (QED) is 0.798. The Bertz CT molecular complexity index is 574. The molecule has 0 aromatic heterocycles. The summed E-state index contributed by atoms with van der Waals surface area (Å²) < 4.78 is 0. The first kappa shape index (κ1) is 12.0. The van der Waals surface area contributed by atoms with Gasteiger partial charge in [0.15, 0.2) is 0 Å². The minimum atomic E-state index is 0.247. The van der Waals surface area contributed by atoms with Gasteiger partial charge in [-0.3, -0.25) is 4.79 Å². The predicted octanol–water partition coefficient (Wildman–Crippen LogP) is 3.65. The number of hydrogen-bond donors (Lipinski definition) is 0. The number of hydrogen-bond acceptors (Lipinski definition) is 1. The summed E-state index contributed by atoms with van der Waals surface area (Å²) >= 11 is 0. The Morgan fingerprint density at radius 1 is 0.947 bits per heavy atom. The van der Waals surface area contributed by atoms with E-state index in [0.29, 0.717) is 6.42 Å². The minimum Gasteiger partial charge on any atom is -0.339 e. The van der Waals surface area contributed by atoms with Gasteiger partial charge >= 0.3 is 0 Å². The van der Waals surface area contributed by atoms with E-state index in [9.17, 15) is 4.79 Å². The van der Waals surface area contributed by atoms with Gasteiger partial charge in [0.25, 0.3) is 0 Å². The Kier molecular flexibility index (Phi) is 3.08. The van der Waals surface area contributed by atoms with Gasteiger partial charge < -0.3 is 4.90 Å². The highest BCUT2D eigenvalue weighted by molar-refractivity contribution is 5.78. The topological polar surface area (TPSA) is 20.3 Å². The monoisotopic (exact) mass is 251 g/mol. The summed E-state index contributed by atoms with van der Waals surface area (Å²) in [6.07, 6.45) is 1.60. The lowest BCUT2D eigenvalue weighted by Gasteiger charge is -2.20. The fourth-order valence-corrected chi connectivity index (χ4v) is 2.72. The van der Waals surface area contributed by atoms with Crippen molar-refractivity contribution in [1.29, 1.82) is 0 Å². The number of likely N-dealkylation sites (tertiary alicyclic amines) is 1. The number of rotatable bonds is 2. The van der Waals surface area contributed by atoms with Crippen LogP contribution >= 0.6 is 0 Å². The lowest BCUT2D eigenvalue weighted by Crippen LogP contribution is -2.22. The first-order valence-electron chi connectivity index (χ1n) is 6.67. The summed E-state index contributed by atoms with van der Waals surface area (Å²) in [5.74, 6) is 0.247. The molecule has 1 fully saturated rings. The maximum Gasteiger partial charge on any atom is 0.222 e. The molecule has 0 N–H and O–H groups in total. The number of carbonyl (C=O) groups is 1. The fourth-order valence-electron chi connectivity index (χ4n) is 2.72. The maximum absolute atomic E-state index is 11.6. The van der Waals surface area contributed by atoms with Crippen molar-refractivity contribution in [3.05, 3.63) is 60.2 Å². The third-order valence-corrected chi connectivity index (χ3v) is 3.90. The van der Waals surface area contributed by atoms with Crippen LogP contribution in [0.25, 0.3) is 11.1 Å². The highest BCUT2D eigenvalue weighted by Gasteiger charge is 2.28. The van der Waals surface area contributed by atoms with Crippen LogP contribution < -0.4 is 0 Å². The third-order valence-electron chi connectivity index (χ3n) is 3.90. The molecular weight excluding hydrogens is 234 g/mol. The Morgan fingerprint density at radius 2 is 1.58 bits per heavy atom. The highest BCUT2D eigenvalue weighted by atomic mass is 16.2. The zero-order chi connectivity index (χ0) is 13.2. The molecule has 2 aromatic rings. The van der Waals surface area contributed by atoms with Crippen LogP contribution in [0.3, 0.4) is 0 Å². The summed E-state index contributed by atoms with van der Waals surface area (Å²) in [6, 6.07) is 19.2. The summed E-state index contributed by atoms with van der Waals surface area (Å²) in [5, 5.41) is 0. The van der Waals surface area contributed by atoms with Crippen molar-refractivity contribution in [2.75, 3.05) is 7.05 Å². The fraction of sp³-hybridized carbons (Fsp3) is 0.235. The van der Waals surface area contributed by atoms with Crippen LogP contribution in [0.5, 0.6) is 0 Å². The highest BCUT2D eigenvalue weighted by Crippen LogP contribution is 2.32. The molecule has 19 heavy (non-hydrogen) atoms. The Labute approximate surface area is 113 Å². The second kappa shape index (κ2) is 4.88.